The van der Waals surface area contributed by atoms with Gasteiger partial charge in [0.25, 0.3) is 0 Å². The van der Waals surface area contributed by atoms with Crippen LogP contribution in [0.3, 0.4) is 0 Å². The van der Waals surface area contributed by atoms with Crippen LogP contribution in [0.1, 0.15) is 32.1 Å². The van der Waals surface area contributed by atoms with Crippen molar-refractivity contribution in [1.82, 2.24) is 0 Å². The van der Waals surface area contributed by atoms with Crippen LogP contribution in [0.2, 0.25) is 0 Å². The Balaban J connectivity index is 2.11. The zero-order valence-electron chi connectivity index (χ0n) is 7.96. The smallest absolute Gasteiger partial charge is 0.133 e. The Morgan fingerprint density at radius 3 is 3.00 bits per heavy atom. The zero-order chi connectivity index (χ0) is 9.26. The molecule has 0 bridgehead atoms. The molecule has 0 radical (unpaired) electrons. The largest absolute Gasteiger partial charge is 0.300 e. The summed E-state index contributed by atoms with van der Waals surface area (Å²) in [7, 11) is 0. The van der Waals surface area contributed by atoms with Gasteiger partial charge < -0.3 is 0 Å². The molecule has 0 aromatic heterocycles. The molecular formula is C12H16O. The first-order chi connectivity index (χ1) is 6.29. The van der Waals surface area contributed by atoms with Crippen molar-refractivity contribution in [1.29, 1.82) is 0 Å². The molecule has 13 heavy (non-hydrogen) atoms. The summed E-state index contributed by atoms with van der Waals surface area (Å²) in [5.74, 6) is 1.78. The molecule has 0 saturated heterocycles. The van der Waals surface area contributed by atoms with E-state index in [0.29, 0.717) is 17.6 Å². The van der Waals surface area contributed by atoms with Gasteiger partial charge in [-0.1, -0.05) is 24.3 Å². The highest BCUT2D eigenvalue weighted by molar-refractivity contribution is 5.79. The third-order valence-electron chi connectivity index (χ3n) is 3.35. The van der Waals surface area contributed by atoms with Crippen molar-refractivity contribution in [2.24, 2.45) is 11.8 Å². The number of rotatable bonds is 1. The van der Waals surface area contributed by atoms with Crippen LogP contribution in [-0.4, -0.2) is 5.78 Å². The van der Waals surface area contributed by atoms with E-state index in [1.807, 2.05) is 6.08 Å². The first-order valence-electron chi connectivity index (χ1n) is 5.14. The summed E-state index contributed by atoms with van der Waals surface area (Å²) in [6.07, 6.45) is 9.31. The Bertz CT molecular complexity index is 262. The van der Waals surface area contributed by atoms with E-state index in [2.05, 4.69) is 12.7 Å². The van der Waals surface area contributed by atoms with Crippen molar-refractivity contribution in [3.8, 4) is 0 Å². The number of carbonyl (C=O) groups excluding carboxylic acids is 1. The molecule has 0 aliphatic heterocycles. The van der Waals surface area contributed by atoms with Crippen LogP contribution in [-0.2, 0) is 4.79 Å². The van der Waals surface area contributed by atoms with Crippen molar-refractivity contribution in [3.05, 3.63) is 24.3 Å². The number of hydrogen-bond donors (Lipinski definition) is 0. The lowest BCUT2D eigenvalue weighted by Crippen LogP contribution is -2.26. The quantitative estimate of drug-likeness (QED) is 0.600. The number of fused-ring (bicyclic) bond motifs is 1. The monoisotopic (exact) mass is 176 g/mol. The Morgan fingerprint density at radius 1 is 1.38 bits per heavy atom. The van der Waals surface area contributed by atoms with Gasteiger partial charge in [-0.3, -0.25) is 4.79 Å². The number of allylic oxidation sites excluding steroid dienone is 3. The van der Waals surface area contributed by atoms with Gasteiger partial charge in [0.2, 0.25) is 0 Å². The summed E-state index contributed by atoms with van der Waals surface area (Å²) in [4.78, 5) is 11.2. The number of hydrogen-bond acceptors (Lipinski definition) is 1. The summed E-state index contributed by atoms with van der Waals surface area (Å²) in [6.45, 7) is 3.80. The summed E-state index contributed by atoms with van der Waals surface area (Å²) < 4.78 is 0. The SMILES string of the molecule is C=CC1=C[C@H]2CCC(=O)C[C@H]2CC1. The van der Waals surface area contributed by atoms with Gasteiger partial charge in [-0.25, -0.2) is 0 Å². The molecule has 70 valence electrons. The van der Waals surface area contributed by atoms with Gasteiger partial charge in [0, 0.05) is 12.8 Å². The lowest BCUT2D eigenvalue weighted by Gasteiger charge is -2.32. The van der Waals surface area contributed by atoms with E-state index in [9.17, 15) is 4.79 Å². The third-order valence-corrected chi connectivity index (χ3v) is 3.35. The lowest BCUT2D eigenvalue weighted by atomic mass is 9.72. The van der Waals surface area contributed by atoms with Crippen LogP contribution >= 0.6 is 0 Å². The molecule has 0 N–H and O–H groups in total. The molecule has 2 atom stereocenters. The molecule has 1 heteroatoms. The van der Waals surface area contributed by atoms with Gasteiger partial charge >= 0.3 is 0 Å². The van der Waals surface area contributed by atoms with Gasteiger partial charge in [-0.2, -0.15) is 0 Å². The molecule has 1 saturated carbocycles. The molecule has 1 nitrogen and oxygen atoms in total. The normalized spacial score (nSPS) is 33.5. The minimum absolute atomic E-state index is 0.469. The Hall–Kier alpha value is -0.850. The maximum atomic E-state index is 11.2. The van der Waals surface area contributed by atoms with Gasteiger partial charge in [0.1, 0.15) is 5.78 Å². The molecule has 0 unspecified atom stereocenters. The fraction of sp³-hybridized carbons (Fsp3) is 0.583. The second-order valence-electron chi connectivity index (χ2n) is 4.19. The summed E-state index contributed by atoms with van der Waals surface area (Å²) in [5.41, 5.74) is 1.38. The van der Waals surface area contributed by atoms with Gasteiger partial charge in [0.15, 0.2) is 0 Å². The number of carbonyl (C=O) groups is 1. The first-order valence-corrected chi connectivity index (χ1v) is 5.14. The Labute approximate surface area is 79.5 Å². The van der Waals surface area contributed by atoms with E-state index in [1.165, 1.54) is 12.0 Å². The molecule has 0 amide bonds. The van der Waals surface area contributed by atoms with Crippen LogP contribution in [0.25, 0.3) is 0 Å². The molecule has 2 rings (SSSR count). The van der Waals surface area contributed by atoms with E-state index in [0.717, 1.165) is 25.7 Å². The minimum atomic E-state index is 0.469. The summed E-state index contributed by atoms with van der Waals surface area (Å²) >= 11 is 0. The fourth-order valence-corrected chi connectivity index (χ4v) is 2.53. The number of Topliss-reactive ketones (excluding diaryl/α,β-unsaturated/α-hetero) is 1. The molecule has 2 aliphatic rings. The van der Waals surface area contributed by atoms with E-state index >= 15 is 0 Å². The van der Waals surface area contributed by atoms with Crippen LogP contribution in [0, 0.1) is 11.8 Å². The van der Waals surface area contributed by atoms with Crippen molar-refractivity contribution < 1.29 is 4.79 Å². The topological polar surface area (TPSA) is 17.1 Å². The van der Waals surface area contributed by atoms with Crippen molar-refractivity contribution >= 4 is 5.78 Å². The second kappa shape index (κ2) is 3.49. The van der Waals surface area contributed by atoms with Crippen molar-refractivity contribution in [2.45, 2.75) is 32.1 Å². The molecule has 2 aliphatic carbocycles. The molecule has 0 spiro atoms. The van der Waals surface area contributed by atoms with Crippen LogP contribution in [0.15, 0.2) is 24.3 Å². The van der Waals surface area contributed by atoms with Crippen molar-refractivity contribution in [2.75, 3.05) is 0 Å². The summed E-state index contributed by atoms with van der Waals surface area (Å²) in [5, 5.41) is 0. The first kappa shape index (κ1) is 8.74. The maximum Gasteiger partial charge on any atom is 0.133 e. The Kier molecular flexibility index (Phi) is 2.34. The van der Waals surface area contributed by atoms with Gasteiger partial charge in [0.05, 0.1) is 0 Å². The fourth-order valence-electron chi connectivity index (χ4n) is 2.53. The molecule has 1 fully saturated rings. The Morgan fingerprint density at radius 2 is 2.23 bits per heavy atom. The molecule has 0 aromatic carbocycles. The molecule has 0 heterocycles. The molecule has 0 aromatic rings. The van der Waals surface area contributed by atoms with E-state index in [-0.39, 0.29) is 0 Å². The van der Waals surface area contributed by atoms with E-state index < -0.39 is 0 Å². The van der Waals surface area contributed by atoms with E-state index in [1.54, 1.807) is 0 Å². The highest BCUT2D eigenvalue weighted by atomic mass is 16.1. The predicted molar refractivity (Wildman–Crippen MR) is 53.4 cm³/mol. The standard InChI is InChI=1S/C12H16O/c1-2-9-3-4-11-8-12(13)6-5-10(11)7-9/h2,7,10-11H,1,3-6,8H2/t10-,11-/m1/s1. The second-order valence-corrected chi connectivity index (χ2v) is 4.19. The van der Waals surface area contributed by atoms with Crippen molar-refractivity contribution in [3.63, 3.8) is 0 Å². The van der Waals surface area contributed by atoms with Crippen LogP contribution in [0.5, 0.6) is 0 Å². The predicted octanol–water partition coefficient (Wildman–Crippen LogP) is 2.88. The number of ketones is 1. The van der Waals surface area contributed by atoms with E-state index in [4.69, 9.17) is 0 Å². The molecular weight excluding hydrogens is 160 g/mol. The van der Waals surface area contributed by atoms with Gasteiger partial charge in [-0.15, -0.1) is 0 Å². The highest BCUT2D eigenvalue weighted by Gasteiger charge is 2.29. The lowest BCUT2D eigenvalue weighted by molar-refractivity contribution is -0.122. The van der Waals surface area contributed by atoms with Crippen LogP contribution in [0.4, 0.5) is 0 Å². The highest BCUT2D eigenvalue weighted by Crippen LogP contribution is 2.37. The summed E-state index contributed by atoms with van der Waals surface area (Å²) in [6, 6.07) is 0. The minimum Gasteiger partial charge on any atom is -0.300 e. The maximum absolute atomic E-state index is 11.2. The zero-order valence-corrected chi connectivity index (χ0v) is 7.96. The van der Waals surface area contributed by atoms with Crippen LogP contribution < -0.4 is 0 Å². The van der Waals surface area contributed by atoms with Gasteiger partial charge in [-0.05, 0) is 31.1 Å². The average Bonchev–Trinajstić information content (AvgIpc) is 2.17. The average molecular weight is 176 g/mol. The third kappa shape index (κ3) is 1.74.